The molecule has 7 nitrogen and oxygen atoms in total. The van der Waals surface area contributed by atoms with E-state index in [1.165, 1.54) is 30.2 Å². The molecule has 25 heavy (non-hydrogen) atoms. The van der Waals surface area contributed by atoms with Gasteiger partial charge in [-0.2, -0.15) is 0 Å². The Balaban J connectivity index is 1.57. The summed E-state index contributed by atoms with van der Waals surface area (Å²) in [6.07, 6.45) is 5.33. The van der Waals surface area contributed by atoms with Crippen LogP contribution in [0.25, 0.3) is 0 Å². The van der Waals surface area contributed by atoms with Crippen molar-refractivity contribution < 1.29 is 19.2 Å². The van der Waals surface area contributed by atoms with Gasteiger partial charge in [0.05, 0.1) is 35.6 Å². The van der Waals surface area contributed by atoms with Gasteiger partial charge >= 0.3 is 0 Å². The number of imide groups is 1. The first kappa shape index (κ1) is 14.6. The molecule has 0 unspecified atom stereocenters. The van der Waals surface area contributed by atoms with Gasteiger partial charge in [0.1, 0.15) is 5.75 Å². The van der Waals surface area contributed by atoms with Gasteiger partial charge in [-0.3, -0.25) is 19.7 Å². The summed E-state index contributed by atoms with van der Waals surface area (Å²) in [5.74, 6) is 0.519. The number of nitro groups is 1. The summed E-state index contributed by atoms with van der Waals surface area (Å²) in [5.41, 5.74) is 0.158. The number of amides is 2. The Bertz CT molecular complexity index is 827. The normalized spacial score (nSPS) is 37.1. The van der Waals surface area contributed by atoms with Gasteiger partial charge in [0.25, 0.3) is 5.69 Å². The molecule has 1 aliphatic heterocycles. The van der Waals surface area contributed by atoms with Crippen molar-refractivity contribution in [2.75, 3.05) is 12.0 Å². The second-order valence-electron chi connectivity index (χ2n) is 7.28. The summed E-state index contributed by atoms with van der Waals surface area (Å²) in [4.78, 5) is 37.8. The number of hydrogen-bond acceptors (Lipinski definition) is 5. The lowest BCUT2D eigenvalue weighted by Gasteiger charge is -2.37. The van der Waals surface area contributed by atoms with Gasteiger partial charge in [0.15, 0.2) is 0 Å². The number of carbonyl (C=O) groups excluding carboxylic acids is 2. The van der Waals surface area contributed by atoms with Crippen LogP contribution in [0.1, 0.15) is 6.42 Å². The molecule has 6 atom stereocenters. The molecule has 4 aliphatic carbocycles. The molecule has 3 fully saturated rings. The van der Waals surface area contributed by atoms with Crippen molar-refractivity contribution in [1.82, 2.24) is 0 Å². The summed E-state index contributed by atoms with van der Waals surface area (Å²) in [6, 6.07) is 3.98. The van der Waals surface area contributed by atoms with Crippen molar-refractivity contribution in [3.8, 4) is 5.75 Å². The standard InChI is InChI=1S/C18H16N2O5/c1-25-14-6-8(20(23)24)2-5-13(14)19-17(21)15-9-3-4-10(12-7-11(9)12)16(15)18(19)22/h2-6,9-12,15-16H,7H2,1H3/t9-,10-,11-,12+,15+,16+/m1/s1. The van der Waals surface area contributed by atoms with Gasteiger partial charge in [0, 0.05) is 6.07 Å². The molecule has 5 aliphatic rings. The molecule has 6 rings (SSSR count). The molecule has 2 amide bonds. The van der Waals surface area contributed by atoms with Gasteiger partial charge in [-0.15, -0.1) is 0 Å². The molecule has 0 aromatic heterocycles. The average molecular weight is 340 g/mol. The molecule has 7 heteroatoms. The van der Waals surface area contributed by atoms with Crippen LogP contribution < -0.4 is 9.64 Å². The van der Waals surface area contributed by atoms with Crippen molar-refractivity contribution in [1.29, 1.82) is 0 Å². The molecule has 0 N–H and O–H groups in total. The lowest BCUT2D eigenvalue weighted by Crippen LogP contribution is -2.40. The van der Waals surface area contributed by atoms with Crippen molar-refractivity contribution in [2.24, 2.45) is 35.5 Å². The second kappa shape index (κ2) is 4.68. The molecule has 128 valence electrons. The van der Waals surface area contributed by atoms with Crippen LogP contribution in [-0.2, 0) is 9.59 Å². The first-order valence-electron chi connectivity index (χ1n) is 8.41. The number of hydrogen-bond donors (Lipinski definition) is 0. The maximum Gasteiger partial charge on any atom is 0.273 e. The maximum absolute atomic E-state index is 13.1. The summed E-state index contributed by atoms with van der Waals surface area (Å²) in [6.45, 7) is 0. The largest absolute Gasteiger partial charge is 0.494 e. The Morgan fingerprint density at radius 1 is 1.12 bits per heavy atom. The minimum Gasteiger partial charge on any atom is -0.494 e. The van der Waals surface area contributed by atoms with Gasteiger partial charge in [-0.1, -0.05) is 12.2 Å². The Morgan fingerprint density at radius 3 is 2.24 bits per heavy atom. The number of benzene rings is 1. The third-order valence-electron chi connectivity index (χ3n) is 6.28. The van der Waals surface area contributed by atoms with E-state index in [0.29, 0.717) is 17.5 Å². The zero-order chi connectivity index (χ0) is 17.5. The summed E-state index contributed by atoms with van der Waals surface area (Å²) >= 11 is 0. The van der Waals surface area contributed by atoms with Crippen LogP contribution in [0.3, 0.4) is 0 Å². The highest BCUT2D eigenvalue weighted by molar-refractivity contribution is 6.23. The van der Waals surface area contributed by atoms with E-state index in [1.807, 2.05) is 0 Å². The molecule has 2 bridgehead atoms. The third-order valence-corrected chi connectivity index (χ3v) is 6.28. The fourth-order valence-electron chi connectivity index (χ4n) is 5.16. The van der Waals surface area contributed by atoms with Gasteiger partial charge in [-0.25, -0.2) is 4.90 Å². The number of ether oxygens (including phenoxy) is 1. The van der Waals surface area contributed by atoms with E-state index in [1.54, 1.807) is 0 Å². The molecular weight excluding hydrogens is 324 g/mol. The van der Waals surface area contributed by atoms with E-state index in [2.05, 4.69) is 12.2 Å². The number of nitro benzene ring substituents is 1. The first-order valence-corrected chi connectivity index (χ1v) is 8.41. The second-order valence-corrected chi connectivity index (χ2v) is 7.28. The number of rotatable bonds is 3. The highest BCUT2D eigenvalue weighted by Crippen LogP contribution is 2.65. The van der Waals surface area contributed by atoms with E-state index < -0.39 is 4.92 Å². The number of methoxy groups -OCH3 is 1. The van der Waals surface area contributed by atoms with Gasteiger partial charge in [-0.05, 0) is 36.2 Å². The zero-order valence-corrected chi connectivity index (χ0v) is 13.5. The van der Waals surface area contributed by atoms with Crippen LogP contribution in [0.4, 0.5) is 11.4 Å². The fourth-order valence-corrected chi connectivity index (χ4v) is 5.16. The first-order chi connectivity index (χ1) is 12.0. The van der Waals surface area contributed by atoms with Crippen LogP contribution in [-0.4, -0.2) is 23.8 Å². The number of non-ortho nitro benzene ring substituents is 1. The lowest BCUT2D eigenvalue weighted by atomic mass is 9.63. The summed E-state index contributed by atoms with van der Waals surface area (Å²) in [5, 5.41) is 11.0. The molecule has 0 radical (unpaired) electrons. The molecule has 1 aromatic carbocycles. The lowest BCUT2D eigenvalue weighted by molar-refractivity contribution is -0.384. The third kappa shape index (κ3) is 1.75. The van der Waals surface area contributed by atoms with E-state index in [9.17, 15) is 19.7 Å². The molecule has 0 spiro atoms. The van der Waals surface area contributed by atoms with Crippen molar-refractivity contribution in [3.05, 3.63) is 40.5 Å². The minimum atomic E-state index is -0.530. The van der Waals surface area contributed by atoms with E-state index in [-0.39, 0.29) is 46.9 Å². The molecule has 1 aromatic rings. The predicted octanol–water partition coefficient (Wildman–Crippen LogP) is 2.16. The number of nitrogens with zero attached hydrogens (tertiary/aromatic N) is 2. The SMILES string of the molecule is COc1cc([N+](=O)[O-])ccc1N1C(=O)[C@H]2[C@@H]3C=C[C@H]([C@@H]4C[C@H]34)[C@@H]2C1=O. The Kier molecular flexibility index (Phi) is 2.74. The smallest absolute Gasteiger partial charge is 0.273 e. The molecular formula is C18H16N2O5. The van der Waals surface area contributed by atoms with Crippen molar-refractivity contribution >= 4 is 23.2 Å². The highest BCUT2D eigenvalue weighted by atomic mass is 16.6. The van der Waals surface area contributed by atoms with E-state index in [0.717, 1.165) is 6.42 Å². The number of allylic oxidation sites excluding steroid dienone is 2. The summed E-state index contributed by atoms with van der Waals surface area (Å²) < 4.78 is 5.23. The maximum atomic E-state index is 13.1. The van der Waals surface area contributed by atoms with E-state index in [4.69, 9.17) is 4.74 Å². The minimum absolute atomic E-state index is 0.139. The van der Waals surface area contributed by atoms with Gasteiger partial charge < -0.3 is 4.74 Å². The quantitative estimate of drug-likeness (QED) is 0.364. The van der Waals surface area contributed by atoms with Crippen LogP contribution in [0.2, 0.25) is 0 Å². The van der Waals surface area contributed by atoms with Crippen LogP contribution in [0, 0.1) is 45.6 Å². The highest BCUT2D eigenvalue weighted by Gasteiger charge is 2.67. The Hall–Kier alpha value is -2.70. The number of anilines is 1. The van der Waals surface area contributed by atoms with Crippen molar-refractivity contribution in [3.63, 3.8) is 0 Å². The van der Waals surface area contributed by atoms with Gasteiger partial charge in [0.2, 0.25) is 11.8 Å². The Labute approximate surface area is 143 Å². The van der Waals surface area contributed by atoms with Crippen LogP contribution >= 0.6 is 0 Å². The average Bonchev–Trinajstić information content (AvgIpc) is 3.39. The Morgan fingerprint density at radius 2 is 1.72 bits per heavy atom. The predicted molar refractivity (Wildman–Crippen MR) is 86.8 cm³/mol. The summed E-state index contributed by atoms with van der Waals surface area (Å²) in [7, 11) is 1.38. The number of carbonyl (C=O) groups is 2. The molecule has 1 saturated heterocycles. The fraction of sp³-hybridized carbons (Fsp3) is 0.444. The zero-order valence-electron chi connectivity index (χ0n) is 13.5. The molecule has 1 heterocycles. The van der Waals surface area contributed by atoms with Crippen LogP contribution in [0.15, 0.2) is 30.4 Å². The molecule has 2 saturated carbocycles. The van der Waals surface area contributed by atoms with E-state index >= 15 is 0 Å². The van der Waals surface area contributed by atoms with Crippen molar-refractivity contribution in [2.45, 2.75) is 6.42 Å². The van der Waals surface area contributed by atoms with Crippen LogP contribution in [0.5, 0.6) is 5.75 Å². The monoisotopic (exact) mass is 340 g/mol. The topological polar surface area (TPSA) is 89.8 Å².